The van der Waals surface area contributed by atoms with Gasteiger partial charge < -0.3 is 5.11 Å². The molecule has 0 saturated carbocycles. The molecule has 1 rings (SSSR count). The number of alkyl halides is 1. The van der Waals surface area contributed by atoms with Crippen LogP contribution in [0.4, 0.5) is 4.39 Å². The second-order valence-electron chi connectivity index (χ2n) is 1.90. The lowest BCUT2D eigenvalue weighted by Gasteiger charge is -2.00. The van der Waals surface area contributed by atoms with E-state index in [2.05, 4.69) is 4.98 Å². The maximum absolute atomic E-state index is 12.6. The Morgan fingerprint density at radius 1 is 1.60 bits per heavy atom. The average Bonchev–Trinajstić information content (AvgIpc) is 2.05. The molecule has 1 N–H and O–H groups in total. The summed E-state index contributed by atoms with van der Waals surface area (Å²) in [6, 6.07) is 4.93. The molecule has 2 nitrogen and oxygen atoms in total. The predicted molar refractivity (Wildman–Crippen MR) is 35.2 cm³/mol. The van der Waals surface area contributed by atoms with Crippen LogP contribution in [0, 0.1) is 0 Å². The topological polar surface area (TPSA) is 33.1 Å². The number of halogens is 1. The number of pyridine rings is 1. The van der Waals surface area contributed by atoms with Gasteiger partial charge in [-0.3, -0.25) is 4.98 Å². The van der Waals surface area contributed by atoms with Crippen molar-refractivity contribution in [2.24, 2.45) is 0 Å². The summed E-state index contributed by atoms with van der Waals surface area (Å²) in [7, 11) is 0. The molecule has 0 bridgehead atoms. The number of rotatable bonds is 2. The van der Waals surface area contributed by atoms with Gasteiger partial charge in [-0.05, 0) is 12.1 Å². The van der Waals surface area contributed by atoms with Crippen LogP contribution in [0.2, 0.25) is 0 Å². The quantitative estimate of drug-likeness (QED) is 0.668. The largest absolute Gasteiger partial charge is 0.393 e. The summed E-state index contributed by atoms with van der Waals surface area (Å²) in [4.78, 5) is 3.71. The van der Waals surface area contributed by atoms with E-state index in [0.717, 1.165) is 0 Å². The molecule has 1 aromatic rings. The van der Waals surface area contributed by atoms with Crippen molar-refractivity contribution >= 4 is 0 Å². The van der Waals surface area contributed by atoms with Gasteiger partial charge >= 0.3 is 0 Å². The molecule has 0 radical (unpaired) electrons. The lowest BCUT2D eigenvalue weighted by Crippen LogP contribution is -1.98. The lowest BCUT2D eigenvalue weighted by molar-refractivity contribution is 0.176. The van der Waals surface area contributed by atoms with Crippen molar-refractivity contribution < 1.29 is 9.50 Å². The Balaban J connectivity index is 2.75. The van der Waals surface area contributed by atoms with Crippen molar-refractivity contribution in [2.75, 3.05) is 6.61 Å². The predicted octanol–water partition coefficient (Wildman–Crippen LogP) is 1.08. The number of aromatic nitrogens is 1. The molecular weight excluding hydrogens is 133 g/mol. The highest BCUT2D eigenvalue weighted by Gasteiger charge is 2.06. The lowest BCUT2D eigenvalue weighted by atomic mass is 10.2. The first kappa shape index (κ1) is 7.15. The van der Waals surface area contributed by atoms with Crippen molar-refractivity contribution in [1.29, 1.82) is 0 Å². The summed E-state index contributed by atoms with van der Waals surface area (Å²) in [5.41, 5.74) is 0.282. The summed E-state index contributed by atoms with van der Waals surface area (Å²) >= 11 is 0. The Bertz CT molecular complexity index is 190. The zero-order chi connectivity index (χ0) is 7.40. The van der Waals surface area contributed by atoms with E-state index < -0.39 is 12.8 Å². The third-order valence-electron chi connectivity index (χ3n) is 1.17. The third kappa shape index (κ3) is 1.51. The van der Waals surface area contributed by atoms with Crippen molar-refractivity contribution in [2.45, 2.75) is 6.17 Å². The van der Waals surface area contributed by atoms with Crippen LogP contribution in [0.3, 0.4) is 0 Å². The van der Waals surface area contributed by atoms with Crippen LogP contribution < -0.4 is 0 Å². The molecule has 0 fully saturated rings. The normalized spacial score (nSPS) is 13.0. The zero-order valence-electron chi connectivity index (χ0n) is 5.37. The van der Waals surface area contributed by atoms with Gasteiger partial charge in [0.15, 0.2) is 6.17 Å². The molecule has 54 valence electrons. The van der Waals surface area contributed by atoms with E-state index >= 15 is 0 Å². The first-order valence-corrected chi connectivity index (χ1v) is 3.00. The number of aliphatic hydroxyl groups is 1. The molecule has 0 spiro atoms. The molecular formula is C7H8FNO. The minimum Gasteiger partial charge on any atom is -0.393 e. The smallest absolute Gasteiger partial charge is 0.165 e. The number of nitrogens with zero attached hydrogens (tertiary/aromatic N) is 1. The minimum absolute atomic E-state index is 0.282. The fraction of sp³-hybridized carbons (Fsp3) is 0.286. The van der Waals surface area contributed by atoms with Crippen LogP contribution in [0.15, 0.2) is 24.4 Å². The van der Waals surface area contributed by atoms with Gasteiger partial charge in [-0.1, -0.05) is 6.07 Å². The molecule has 0 aromatic carbocycles. The Kier molecular flexibility index (Phi) is 2.34. The molecule has 0 saturated heterocycles. The Hall–Kier alpha value is -0.960. The summed E-state index contributed by atoms with van der Waals surface area (Å²) < 4.78 is 12.6. The molecule has 0 amide bonds. The van der Waals surface area contributed by atoms with Crippen LogP contribution in [-0.4, -0.2) is 16.7 Å². The number of hydrogen-bond donors (Lipinski definition) is 1. The van der Waals surface area contributed by atoms with E-state index in [1.54, 1.807) is 18.2 Å². The van der Waals surface area contributed by atoms with E-state index in [0.29, 0.717) is 0 Å². The maximum atomic E-state index is 12.6. The van der Waals surface area contributed by atoms with Gasteiger partial charge in [0, 0.05) is 6.20 Å². The maximum Gasteiger partial charge on any atom is 0.165 e. The number of aliphatic hydroxyl groups excluding tert-OH is 1. The molecule has 3 heteroatoms. The van der Waals surface area contributed by atoms with Gasteiger partial charge in [0.2, 0.25) is 0 Å². The minimum atomic E-state index is -1.35. The standard InChI is InChI=1S/C7H8FNO/c8-6(5-10)7-3-1-2-4-9-7/h1-4,6,10H,5H2. The third-order valence-corrected chi connectivity index (χ3v) is 1.17. The average molecular weight is 141 g/mol. The summed E-state index contributed by atoms with van der Waals surface area (Å²) in [6.07, 6.45) is 0.151. The molecule has 10 heavy (non-hydrogen) atoms. The van der Waals surface area contributed by atoms with Gasteiger partial charge in [-0.2, -0.15) is 0 Å². The molecule has 0 aliphatic rings. The van der Waals surface area contributed by atoms with Crippen LogP contribution in [0.5, 0.6) is 0 Å². The van der Waals surface area contributed by atoms with E-state index in [4.69, 9.17) is 5.11 Å². The highest BCUT2D eigenvalue weighted by Crippen LogP contribution is 2.11. The summed E-state index contributed by atoms with van der Waals surface area (Å²) in [6.45, 7) is -0.503. The van der Waals surface area contributed by atoms with E-state index in [9.17, 15) is 4.39 Å². The molecule has 0 aliphatic heterocycles. The van der Waals surface area contributed by atoms with Crippen LogP contribution in [0.1, 0.15) is 11.9 Å². The van der Waals surface area contributed by atoms with Gasteiger partial charge in [0.25, 0.3) is 0 Å². The second kappa shape index (κ2) is 3.27. The monoisotopic (exact) mass is 141 g/mol. The molecule has 0 aliphatic carbocycles. The van der Waals surface area contributed by atoms with Gasteiger partial charge in [0.05, 0.1) is 12.3 Å². The van der Waals surface area contributed by atoms with Gasteiger partial charge in [-0.15, -0.1) is 0 Å². The van der Waals surface area contributed by atoms with Gasteiger partial charge in [-0.25, -0.2) is 4.39 Å². The van der Waals surface area contributed by atoms with Crippen molar-refractivity contribution in [1.82, 2.24) is 4.98 Å². The summed E-state index contributed by atoms with van der Waals surface area (Å²) in [5.74, 6) is 0. The SMILES string of the molecule is OCC(F)c1ccccn1. The Labute approximate surface area is 58.3 Å². The van der Waals surface area contributed by atoms with E-state index in [-0.39, 0.29) is 5.69 Å². The van der Waals surface area contributed by atoms with Crippen LogP contribution >= 0.6 is 0 Å². The Morgan fingerprint density at radius 3 is 2.90 bits per heavy atom. The van der Waals surface area contributed by atoms with Crippen molar-refractivity contribution in [3.05, 3.63) is 30.1 Å². The fourth-order valence-corrected chi connectivity index (χ4v) is 0.655. The van der Waals surface area contributed by atoms with Crippen LogP contribution in [0.25, 0.3) is 0 Å². The molecule has 1 aromatic heterocycles. The number of hydrogen-bond acceptors (Lipinski definition) is 2. The van der Waals surface area contributed by atoms with Crippen molar-refractivity contribution in [3.8, 4) is 0 Å². The van der Waals surface area contributed by atoms with Crippen LogP contribution in [-0.2, 0) is 0 Å². The fourth-order valence-electron chi connectivity index (χ4n) is 0.655. The molecule has 1 unspecified atom stereocenters. The first-order chi connectivity index (χ1) is 4.84. The highest BCUT2D eigenvalue weighted by atomic mass is 19.1. The zero-order valence-corrected chi connectivity index (χ0v) is 5.37. The van der Waals surface area contributed by atoms with Gasteiger partial charge in [0.1, 0.15) is 0 Å². The Morgan fingerprint density at radius 2 is 2.40 bits per heavy atom. The van der Waals surface area contributed by atoms with E-state index in [1.165, 1.54) is 6.20 Å². The van der Waals surface area contributed by atoms with Crippen molar-refractivity contribution in [3.63, 3.8) is 0 Å². The summed E-state index contributed by atoms with van der Waals surface area (Å²) in [5, 5.41) is 8.37. The molecule has 1 atom stereocenters. The van der Waals surface area contributed by atoms with E-state index in [1.807, 2.05) is 0 Å². The highest BCUT2D eigenvalue weighted by molar-refractivity contribution is 5.06. The first-order valence-electron chi connectivity index (χ1n) is 3.00. The second-order valence-corrected chi connectivity index (χ2v) is 1.90. The molecule has 1 heterocycles.